The number of carbonyl (C=O) groups excluding carboxylic acids is 1. The highest BCUT2D eigenvalue weighted by atomic mass is 28.3. The van der Waals surface area contributed by atoms with E-state index in [2.05, 4.69) is 43.2 Å². The number of rotatable bonds is 1. The molecule has 0 spiro atoms. The highest BCUT2D eigenvalue weighted by Gasteiger charge is 2.37. The first kappa shape index (κ1) is 12.7. The van der Waals surface area contributed by atoms with Gasteiger partial charge in [-0.25, -0.2) is 0 Å². The van der Waals surface area contributed by atoms with Crippen molar-refractivity contribution in [3.05, 3.63) is 34.4 Å². The van der Waals surface area contributed by atoms with Crippen LogP contribution in [0.15, 0.2) is 12.1 Å². The highest BCUT2D eigenvalue weighted by molar-refractivity contribution is 6.83. The Bertz CT molecular complexity index is 598. The molecular weight excluding hydrogens is 248 g/mol. The monoisotopic (exact) mass is 268 g/mol. The molecular formula is C17H20OSi. The summed E-state index contributed by atoms with van der Waals surface area (Å²) in [5, 5.41) is 0. The summed E-state index contributed by atoms with van der Waals surface area (Å²) in [4.78, 5) is 11.3. The normalized spacial score (nSPS) is 23.7. The van der Waals surface area contributed by atoms with Crippen LogP contribution in [0, 0.1) is 11.5 Å². The molecule has 0 amide bonds. The van der Waals surface area contributed by atoms with Crippen LogP contribution in [0.5, 0.6) is 0 Å². The Labute approximate surface area is 116 Å². The summed E-state index contributed by atoms with van der Waals surface area (Å²) >= 11 is 0. The molecule has 3 rings (SSSR count). The molecule has 1 aromatic rings. The molecule has 2 aliphatic carbocycles. The summed E-state index contributed by atoms with van der Waals surface area (Å²) in [5.41, 5.74) is 8.02. The van der Waals surface area contributed by atoms with E-state index in [0.717, 1.165) is 23.3 Å². The average molecular weight is 268 g/mol. The molecule has 0 saturated heterocycles. The van der Waals surface area contributed by atoms with Gasteiger partial charge in [-0.2, -0.15) is 0 Å². The Balaban J connectivity index is 2.08. The van der Waals surface area contributed by atoms with Gasteiger partial charge in [-0.1, -0.05) is 25.6 Å². The summed E-state index contributed by atoms with van der Waals surface area (Å²) in [6.45, 7) is 6.70. The zero-order valence-electron chi connectivity index (χ0n) is 11.9. The predicted molar refractivity (Wildman–Crippen MR) is 81.4 cm³/mol. The van der Waals surface area contributed by atoms with Crippen LogP contribution < -0.4 is 0 Å². The predicted octanol–water partition coefficient (Wildman–Crippen LogP) is 4.09. The molecule has 1 saturated carbocycles. The van der Waals surface area contributed by atoms with Gasteiger partial charge in [0.05, 0.1) is 0 Å². The van der Waals surface area contributed by atoms with Crippen molar-refractivity contribution in [2.24, 2.45) is 0 Å². The first-order valence-electron chi connectivity index (χ1n) is 7.14. The molecule has 2 bridgehead atoms. The molecule has 2 heteroatoms. The fourth-order valence-electron chi connectivity index (χ4n) is 3.36. The number of benzene rings is 1. The van der Waals surface area contributed by atoms with E-state index in [1.54, 1.807) is 0 Å². The first-order chi connectivity index (χ1) is 8.98. The summed E-state index contributed by atoms with van der Waals surface area (Å²) in [7, 11) is -1.39. The van der Waals surface area contributed by atoms with Crippen molar-refractivity contribution in [2.75, 3.05) is 0 Å². The summed E-state index contributed by atoms with van der Waals surface area (Å²) in [6, 6.07) is 4.32. The van der Waals surface area contributed by atoms with Crippen LogP contribution in [-0.2, 0) is 0 Å². The van der Waals surface area contributed by atoms with E-state index in [0.29, 0.717) is 5.92 Å². The molecule has 0 N–H and O–H groups in total. The number of carbonyl (C=O) groups is 1. The molecule has 1 fully saturated rings. The van der Waals surface area contributed by atoms with Gasteiger partial charge < -0.3 is 0 Å². The number of fused-ring (bicyclic) bond motifs is 5. The Kier molecular flexibility index (Phi) is 2.90. The lowest BCUT2D eigenvalue weighted by molar-refractivity contribution is 0.112. The Morgan fingerprint density at radius 2 is 1.79 bits per heavy atom. The maximum absolute atomic E-state index is 11.3. The number of hydrogen-bond acceptors (Lipinski definition) is 1. The Morgan fingerprint density at radius 3 is 2.37 bits per heavy atom. The largest absolute Gasteiger partial charge is 0.298 e. The Hall–Kier alpha value is -1.33. The maximum atomic E-state index is 11.3. The molecule has 19 heavy (non-hydrogen) atoms. The van der Waals surface area contributed by atoms with Gasteiger partial charge in [-0.3, -0.25) is 4.79 Å². The van der Waals surface area contributed by atoms with Crippen LogP contribution in [-0.4, -0.2) is 14.4 Å². The quantitative estimate of drug-likeness (QED) is 0.426. The minimum atomic E-state index is -1.39. The van der Waals surface area contributed by atoms with Crippen molar-refractivity contribution in [3.8, 4) is 11.5 Å². The van der Waals surface area contributed by atoms with E-state index in [9.17, 15) is 4.79 Å². The molecule has 0 radical (unpaired) electrons. The molecule has 1 aromatic carbocycles. The van der Waals surface area contributed by atoms with Gasteiger partial charge in [-0.05, 0) is 54.4 Å². The van der Waals surface area contributed by atoms with E-state index in [4.69, 9.17) is 0 Å². The van der Waals surface area contributed by atoms with Crippen molar-refractivity contribution in [2.45, 2.75) is 50.7 Å². The van der Waals surface area contributed by atoms with Crippen molar-refractivity contribution < 1.29 is 4.79 Å². The lowest BCUT2D eigenvalue weighted by Crippen LogP contribution is -2.16. The summed E-state index contributed by atoms with van der Waals surface area (Å²) < 4.78 is 0. The second-order valence-electron chi connectivity index (χ2n) is 6.89. The van der Waals surface area contributed by atoms with Gasteiger partial charge in [0.15, 0.2) is 6.29 Å². The molecule has 2 aliphatic rings. The van der Waals surface area contributed by atoms with E-state index >= 15 is 0 Å². The fraction of sp³-hybridized carbons (Fsp3) is 0.471. The van der Waals surface area contributed by atoms with Crippen LogP contribution in [0.1, 0.15) is 58.1 Å². The van der Waals surface area contributed by atoms with Crippen LogP contribution >= 0.6 is 0 Å². The topological polar surface area (TPSA) is 17.1 Å². The minimum absolute atomic E-state index is 0.706. The molecule has 0 aliphatic heterocycles. The van der Waals surface area contributed by atoms with E-state index in [-0.39, 0.29) is 0 Å². The number of aldehydes is 1. The zero-order chi connectivity index (χ0) is 13.6. The summed E-state index contributed by atoms with van der Waals surface area (Å²) in [5.74, 6) is 4.71. The third-order valence-electron chi connectivity index (χ3n) is 4.27. The second kappa shape index (κ2) is 4.35. The zero-order valence-corrected chi connectivity index (χ0v) is 12.9. The summed E-state index contributed by atoms with van der Waals surface area (Å²) in [6.07, 6.45) is 4.88. The van der Waals surface area contributed by atoms with Gasteiger partial charge in [0.2, 0.25) is 0 Å². The third-order valence-corrected chi connectivity index (χ3v) is 5.14. The molecule has 2 unspecified atom stereocenters. The lowest BCUT2D eigenvalue weighted by atomic mass is 9.88. The van der Waals surface area contributed by atoms with Gasteiger partial charge in [0.1, 0.15) is 8.07 Å². The van der Waals surface area contributed by atoms with Crippen LogP contribution in [0.3, 0.4) is 0 Å². The van der Waals surface area contributed by atoms with Gasteiger partial charge in [-0.15, -0.1) is 5.54 Å². The highest BCUT2D eigenvalue weighted by Crippen LogP contribution is 2.53. The molecule has 98 valence electrons. The lowest BCUT2D eigenvalue weighted by Gasteiger charge is -2.16. The second-order valence-corrected chi connectivity index (χ2v) is 11.6. The van der Waals surface area contributed by atoms with Crippen LogP contribution in [0.2, 0.25) is 19.6 Å². The van der Waals surface area contributed by atoms with Crippen LogP contribution in [0.4, 0.5) is 0 Å². The fourth-order valence-corrected chi connectivity index (χ4v) is 3.87. The van der Waals surface area contributed by atoms with Crippen molar-refractivity contribution in [1.82, 2.24) is 0 Å². The van der Waals surface area contributed by atoms with E-state index in [1.165, 1.54) is 30.4 Å². The average Bonchev–Trinajstić information content (AvgIpc) is 2.95. The van der Waals surface area contributed by atoms with E-state index < -0.39 is 8.07 Å². The Morgan fingerprint density at radius 1 is 1.16 bits per heavy atom. The molecule has 1 nitrogen and oxygen atoms in total. The van der Waals surface area contributed by atoms with Gasteiger partial charge in [0, 0.05) is 11.1 Å². The smallest absolute Gasteiger partial charge is 0.151 e. The van der Waals surface area contributed by atoms with Crippen molar-refractivity contribution >= 4 is 14.4 Å². The first-order valence-corrected chi connectivity index (χ1v) is 10.6. The third kappa shape index (κ3) is 2.28. The SMILES string of the molecule is C[Si](C)(C)C#Cc1cc2c(cc1C=O)C1CCC2C1. The number of hydrogen-bond donors (Lipinski definition) is 0. The van der Waals surface area contributed by atoms with Gasteiger partial charge >= 0.3 is 0 Å². The maximum Gasteiger partial charge on any atom is 0.151 e. The van der Waals surface area contributed by atoms with Gasteiger partial charge in [0.25, 0.3) is 0 Å². The molecule has 2 atom stereocenters. The standard InChI is InChI=1S/C17H20OSi/c1-19(2,3)7-6-12-9-16-13-4-5-14(8-13)17(16)10-15(12)11-18/h9-11,13-14H,4-5,8H2,1-3H3. The van der Waals surface area contributed by atoms with Crippen LogP contribution in [0.25, 0.3) is 0 Å². The van der Waals surface area contributed by atoms with E-state index in [1.807, 2.05) is 0 Å². The molecule has 0 aromatic heterocycles. The minimum Gasteiger partial charge on any atom is -0.298 e. The molecule has 0 heterocycles. The van der Waals surface area contributed by atoms with Crippen molar-refractivity contribution in [3.63, 3.8) is 0 Å². The van der Waals surface area contributed by atoms with Crippen molar-refractivity contribution in [1.29, 1.82) is 0 Å².